The topological polar surface area (TPSA) is 58.2 Å². The molecule has 2 aliphatic heterocycles. The molecule has 0 fully saturated rings. The molecule has 0 bridgehead atoms. The van der Waals surface area contributed by atoms with Crippen LogP contribution in [0.5, 0.6) is 5.75 Å². The van der Waals surface area contributed by atoms with E-state index in [1.54, 1.807) is 13.3 Å². The molecule has 0 saturated heterocycles. The summed E-state index contributed by atoms with van der Waals surface area (Å²) in [4.78, 5) is 6.79. The molecular formula is C20H24N2O3. The van der Waals surface area contributed by atoms with Crippen molar-refractivity contribution in [1.29, 1.82) is 0 Å². The highest BCUT2D eigenvalue weighted by Gasteiger charge is 2.25. The van der Waals surface area contributed by atoms with E-state index in [0.717, 1.165) is 66.2 Å². The lowest BCUT2D eigenvalue weighted by Crippen LogP contribution is -2.32. The van der Waals surface area contributed by atoms with Crippen LogP contribution < -0.4 is 4.74 Å². The van der Waals surface area contributed by atoms with Crippen LogP contribution in [0.1, 0.15) is 31.1 Å². The van der Waals surface area contributed by atoms with Gasteiger partial charge < -0.3 is 14.3 Å². The quantitative estimate of drug-likeness (QED) is 0.928. The Morgan fingerprint density at radius 3 is 3.08 bits per heavy atom. The largest absolute Gasteiger partial charge is 0.496 e. The fourth-order valence-corrected chi connectivity index (χ4v) is 3.90. The Morgan fingerprint density at radius 1 is 1.40 bits per heavy atom. The molecule has 0 amide bonds. The second-order valence-electron chi connectivity index (χ2n) is 6.79. The number of rotatable bonds is 4. The van der Waals surface area contributed by atoms with Gasteiger partial charge in [-0.15, -0.1) is 0 Å². The first-order chi connectivity index (χ1) is 12.2. The second kappa shape index (κ2) is 6.65. The number of hydrogen-bond donors (Lipinski definition) is 1. The zero-order valence-electron chi connectivity index (χ0n) is 14.8. The summed E-state index contributed by atoms with van der Waals surface area (Å²) in [5, 5.41) is 11.3. The number of fused-ring (bicyclic) bond motifs is 3. The molecule has 0 aliphatic carbocycles. The third-order valence-electron chi connectivity index (χ3n) is 5.29. The first-order valence-electron chi connectivity index (χ1n) is 8.87. The number of ether oxygens (including phenoxy) is 1. The highest BCUT2D eigenvalue weighted by atomic mass is 16.5. The van der Waals surface area contributed by atoms with Crippen molar-refractivity contribution in [2.75, 3.05) is 20.2 Å². The number of furan rings is 1. The van der Waals surface area contributed by atoms with Gasteiger partial charge in [0.15, 0.2) is 0 Å². The van der Waals surface area contributed by atoms with Crippen LogP contribution in [-0.2, 0) is 13.0 Å². The van der Waals surface area contributed by atoms with Gasteiger partial charge in [0.25, 0.3) is 0 Å². The Morgan fingerprint density at radius 2 is 2.28 bits per heavy atom. The minimum absolute atomic E-state index is 0.382. The minimum Gasteiger partial charge on any atom is -0.496 e. The lowest BCUT2D eigenvalue weighted by atomic mass is 9.98. The van der Waals surface area contributed by atoms with E-state index < -0.39 is 0 Å². The predicted molar refractivity (Wildman–Crippen MR) is 98.2 cm³/mol. The van der Waals surface area contributed by atoms with Gasteiger partial charge in [-0.1, -0.05) is 6.07 Å². The van der Waals surface area contributed by atoms with E-state index in [4.69, 9.17) is 9.15 Å². The summed E-state index contributed by atoms with van der Waals surface area (Å²) < 4.78 is 11.6. The number of hydrogen-bond acceptors (Lipinski definition) is 5. The Bertz CT molecular complexity index is 850. The van der Waals surface area contributed by atoms with Crippen LogP contribution in [0.25, 0.3) is 11.0 Å². The lowest BCUT2D eigenvalue weighted by molar-refractivity contribution is 0.199. The standard InChI is InChI=1S/C20H24N2O3/c1-13-14(16(23)6-9-21-13)7-10-22-11-8-17-15(12-22)20-18(24-2)4-3-5-19(20)25-17/h3-5,9,16,23H,6-8,10-12H2,1-2H3. The molecule has 1 aromatic carbocycles. The van der Waals surface area contributed by atoms with Gasteiger partial charge in [0, 0.05) is 50.0 Å². The fourth-order valence-electron chi connectivity index (χ4n) is 3.90. The molecule has 1 N–H and O–H groups in total. The summed E-state index contributed by atoms with van der Waals surface area (Å²) in [6.07, 6.45) is 3.81. The summed E-state index contributed by atoms with van der Waals surface area (Å²) in [6, 6.07) is 5.96. The Kier molecular flexibility index (Phi) is 4.36. The molecule has 1 unspecified atom stereocenters. The third-order valence-corrected chi connectivity index (χ3v) is 5.29. The Balaban J connectivity index is 1.54. The van der Waals surface area contributed by atoms with Crippen LogP contribution in [0, 0.1) is 0 Å². The van der Waals surface area contributed by atoms with E-state index >= 15 is 0 Å². The number of methoxy groups -OCH3 is 1. The molecule has 0 saturated carbocycles. The molecule has 4 rings (SSSR count). The van der Waals surface area contributed by atoms with Gasteiger partial charge in [0.1, 0.15) is 17.1 Å². The number of nitrogens with zero attached hydrogens (tertiary/aromatic N) is 2. The van der Waals surface area contributed by atoms with Gasteiger partial charge in [-0.25, -0.2) is 0 Å². The maximum absolute atomic E-state index is 10.2. The van der Waals surface area contributed by atoms with E-state index in [1.165, 1.54) is 5.56 Å². The van der Waals surface area contributed by atoms with Crippen molar-refractivity contribution in [3.63, 3.8) is 0 Å². The van der Waals surface area contributed by atoms with E-state index in [-0.39, 0.29) is 6.10 Å². The van der Waals surface area contributed by atoms with Crippen LogP contribution >= 0.6 is 0 Å². The van der Waals surface area contributed by atoms with Crippen LogP contribution in [0.4, 0.5) is 0 Å². The van der Waals surface area contributed by atoms with Crippen LogP contribution in [0.3, 0.4) is 0 Å². The molecule has 5 heteroatoms. The summed E-state index contributed by atoms with van der Waals surface area (Å²) in [7, 11) is 1.70. The second-order valence-corrected chi connectivity index (χ2v) is 6.79. The van der Waals surface area contributed by atoms with E-state index in [9.17, 15) is 5.11 Å². The van der Waals surface area contributed by atoms with Crippen molar-refractivity contribution in [2.24, 2.45) is 4.99 Å². The van der Waals surface area contributed by atoms with Gasteiger partial charge in [-0.2, -0.15) is 0 Å². The van der Waals surface area contributed by atoms with Crippen LogP contribution in [0.2, 0.25) is 0 Å². The average Bonchev–Trinajstić information content (AvgIpc) is 2.99. The normalized spacial score (nSPS) is 21.0. The molecule has 1 aromatic heterocycles. The van der Waals surface area contributed by atoms with Gasteiger partial charge in [0.05, 0.1) is 18.6 Å². The highest BCUT2D eigenvalue weighted by Crippen LogP contribution is 2.36. The van der Waals surface area contributed by atoms with Crippen molar-refractivity contribution in [1.82, 2.24) is 4.90 Å². The van der Waals surface area contributed by atoms with Crippen molar-refractivity contribution in [2.45, 2.75) is 38.8 Å². The maximum atomic E-state index is 10.2. The summed E-state index contributed by atoms with van der Waals surface area (Å²) in [6.45, 7) is 4.73. The van der Waals surface area contributed by atoms with Gasteiger partial charge in [-0.3, -0.25) is 9.89 Å². The average molecular weight is 340 g/mol. The first-order valence-corrected chi connectivity index (χ1v) is 8.87. The molecule has 2 aromatic rings. The number of aliphatic hydroxyl groups is 1. The van der Waals surface area contributed by atoms with E-state index in [0.29, 0.717) is 6.42 Å². The third kappa shape index (κ3) is 2.98. The molecule has 2 aliphatic rings. The predicted octanol–water partition coefficient (Wildman–Crippen LogP) is 3.30. The fraction of sp³-hybridized carbons (Fsp3) is 0.450. The van der Waals surface area contributed by atoms with Crippen LogP contribution in [0.15, 0.2) is 38.9 Å². The summed E-state index contributed by atoms with van der Waals surface area (Å²) in [5.74, 6) is 1.95. The summed E-state index contributed by atoms with van der Waals surface area (Å²) >= 11 is 0. The van der Waals surface area contributed by atoms with Crippen molar-refractivity contribution in [3.8, 4) is 5.75 Å². The number of aliphatic hydroxyl groups excluding tert-OH is 1. The van der Waals surface area contributed by atoms with Crippen molar-refractivity contribution in [3.05, 3.63) is 40.8 Å². The smallest absolute Gasteiger partial charge is 0.138 e. The number of benzene rings is 1. The van der Waals surface area contributed by atoms with Crippen molar-refractivity contribution >= 4 is 17.2 Å². The van der Waals surface area contributed by atoms with Gasteiger partial charge >= 0.3 is 0 Å². The summed E-state index contributed by atoms with van der Waals surface area (Å²) in [5.41, 5.74) is 4.18. The monoisotopic (exact) mass is 340 g/mol. The Labute approximate surface area is 147 Å². The lowest BCUT2D eigenvalue weighted by Gasteiger charge is -2.28. The van der Waals surface area contributed by atoms with E-state index in [2.05, 4.69) is 9.89 Å². The molecule has 0 spiro atoms. The van der Waals surface area contributed by atoms with Gasteiger partial charge in [-0.05, 0) is 31.1 Å². The Hall–Kier alpha value is -2.11. The minimum atomic E-state index is -0.382. The van der Waals surface area contributed by atoms with E-state index in [1.807, 2.05) is 25.1 Å². The van der Waals surface area contributed by atoms with Gasteiger partial charge in [0.2, 0.25) is 0 Å². The molecule has 5 nitrogen and oxygen atoms in total. The van der Waals surface area contributed by atoms with Crippen LogP contribution in [-0.4, -0.2) is 42.5 Å². The molecule has 3 heterocycles. The maximum Gasteiger partial charge on any atom is 0.138 e. The molecule has 0 radical (unpaired) electrons. The zero-order valence-corrected chi connectivity index (χ0v) is 14.8. The number of allylic oxidation sites excluding steroid dienone is 1. The highest BCUT2D eigenvalue weighted by molar-refractivity contribution is 5.88. The molecule has 132 valence electrons. The number of aliphatic imine (C=N–C) groups is 1. The molecule has 1 atom stereocenters. The zero-order chi connectivity index (χ0) is 17.4. The first kappa shape index (κ1) is 16.4. The molecular weight excluding hydrogens is 316 g/mol. The SMILES string of the molecule is COc1cccc2oc3c(c12)CN(CCC1=C(C)N=CCC1O)CC3. The van der Waals surface area contributed by atoms with Crippen molar-refractivity contribution < 1.29 is 14.3 Å². The molecule has 25 heavy (non-hydrogen) atoms.